The molecule has 112 valence electrons. The van der Waals surface area contributed by atoms with Crippen molar-refractivity contribution in [2.24, 2.45) is 0 Å². The summed E-state index contributed by atoms with van der Waals surface area (Å²) < 4.78 is 5.12. The van der Waals surface area contributed by atoms with Gasteiger partial charge in [0.25, 0.3) is 5.69 Å². The highest BCUT2D eigenvalue weighted by molar-refractivity contribution is 5.42. The molecule has 0 bridgehead atoms. The fourth-order valence-electron chi connectivity index (χ4n) is 2.42. The third-order valence-electron chi connectivity index (χ3n) is 3.56. The number of piperazine rings is 1. The lowest BCUT2D eigenvalue weighted by Gasteiger charge is -2.33. The van der Waals surface area contributed by atoms with E-state index in [2.05, 4.69) is 15.9 Å². The van der Waals surface area contributed by atoms with Crippen molar-refractivity contribution >= 4 is 5.69 Å². The Bertz CT molecular complexity index is 548. The van der Waals surface area contributed by atoms with Gasteiger partial charge in [0.05, 0.1) is 30.7 Å². The summed E-state index contributed by atoms with van der Waals surface area (Å²) in [5, 5.41) is 19.6. The maximum atomic E-state index is 10.9. The Morgan fingerprint density at radius 3 is 2.52 bits per heavy atom. The summed E-state index contributed by atoms with van der Waals surface area (Å²) in [4.78, 5) is 14.9. The summed E-state index contributed by atoms with van der Waals surface area (Å²) in [6, 6.07) is 6.99. The average molecular weight is 290 g/mol. The zero-order valence-electron chi connectivity index (χ0n) is 12.0. The highest BCUT2D eigenvalue weighted by Gasteiger charge is 2.18. The first-order chi connectivity index (χ1) is 10.1. The van der Waals surface area contributed by atoms with Crippen LogP contribution in [-0.2, 0) is 6.54 Å². The van der Waals surface area contributed by atoms with Gasteiger partial charge in [-0.15, -0.1) is 0 Å². The Labute approximate surface area is 123 Å². The van der Waals surface area contributed by atoms with E-state index >= 15 is 0 Å². The van der Waals surface area contributed by atoms with E-state index in [1.165, 1.54) is 13.2 Å². The largest absolute Gasteiger partial charge is 0.496 e. The second kappa shape index (κ2) is 7.02. The lowest BCUT2D eigenvalue weighted by molar-refractivity contribution is -0.385. The van der Waals surface area contributed by atoms with Gasteiger partial charge in [0.15, 0.2) is 0 Å². The molecule has 7 nitrogen and oxygen atoms in total. The lowest BCUT2D eigenvalue weighted by atomic mass is 10.1. The first-order valence-electron chi connectivity index (χ1n) is 6.76. The minimum atomic E-state index is -0.406. The molecule has 7 heteroatoms. The van der Waals surface area contributed by atoms with Crippen molar-refractivity contribution in [2.45, 2.75) is 6.54 Å². The van der Waals surface area contributed by atoms with Crippen LogP contribution in [0.2, 0.25) is 0 Å². The van der Waals surface area contributed by atoms with Gasteiger partial charge in [0.1, 0.15) is 5.75 Å². The number of nitriles is 1. The van der Waals surface area contributed by atoms with Crippen molar-refractivity contribution in [3.63, 3.8) is 0 Å². The molecule has 21 heavy (non-hydrogen) atoms. The molecule has 0 aromatic heterocycles. The molecule has 0 aliphatic carbocycles. The number of ether oxygens (including phenoxy) is 1. The second-order valence-electron chi connectivity index (χ2n) is 5.01. The van der Waals surface area contributed by atoms with Gasteiger partial charge >= 0.3 is 0 Å². The summed E-state index contributed by atoms with van der Waals surface area (Å²) in [5.74, 6) is 0.502. The van der Waals surface area contributed by atoms with Crippen molar-refractivity contribution in [2.75, 3.05) is 39.8 Å². The van der Waals surface area contributed by atoms with E-state index in [4.69, 9.17) is 10.00 Å². The van der Waals surface area contributed by atoms with Crippen LogP contribution in [0, 0.1) is 21.4 Å². The van der Waals surface area contributed by atoms with Crippen LogP contribution >= 0.6 is 0 Å². The van der Waals surface area contributed by atoms with E-state index < -0.39 is 4.92 Å². The molecule has 0 amide bonds. The zero-order valence-corrected chi connectivity index (χ0v) is 12.0. The smallest absolute Gasteiger partial charge is 0.273 e. The maximum Gasteiger partial charge on any atom is 0.273 e. The number of rotatable bonds is 5. The Morgan fingerprint density at radius 2 is 1.95 bits per heavy atom. The molecule has 0 radical (unpaired) electrons. The van der Waals surface area contributed by atoms with Gasteiger partial charge in [0.2, 0.25) is 0 Å². The van der Waals surface area contributed by atoms with Crippen molar-refractivity contribution in [3.05, 3.63) is 33.9 Å². The molecule has 2 rings (SSSR count). The summed E-state index contributed by atoms with van der Waals surface area (Å²) in [6.45, 7) is 4.51. The highest BCUT2D eigenvalue weighted by atomic mass is 16.6. The number of hydrogen-bond acceptors (Lipinski definition) is 6. The molecule has 1 aliphatic heterocycles. The SMILES string of the molecule is COc1cc(CN2CCN(CC#N)CC2)cc([N+](=O)[O-])c1. The molecule has 0 N–H and O–H groups in total. The third-order valence-corrected chi connectivity index (χ3v) is 3.56. The van der Waals surface area contributed by atoms with Crippen LogP contribution in [0.4, 0.5) is 5.69 Å². The van der Waals surface area contributed by atoms with Gasteiger partial charge in [-0.1, -0.05) is 0 Å². The molecule has 1 aliphatic rings. The number of nitrogens with zero attached hydrogens (tertiary/aromatic N) is 4. The Hall–Kier alpha value is -2.17. The van der Waals surface area contributed by atoms with E-state index in [0.29, 0.717) is 18.8 Å². The van der Waals surface area contributed by atoms with E-state index in [1.54, 1.807) is 6.07 Å². The molecule has 1 fully saturated rings. The van der Waals surface area contributed by atoms with Crippen LogP contribution in [0.25, 0.3) is 0 Å². The quantitative estimate of drug-likeness (QED) is 0.461. The van der Waals surface area contributed by atoms with Gasteiger partial charge in [-0.05, 0) is 11.6 Å². The second-order valence-corrected chi connectivity index (χ2v) is 5.01. The van der Waals surface area contributed by atoms with Crippen LogP contribution in [0.5, 0.6) is 5.75 Å². The number of methoxy groups -OCH3 is 1. The van der Waals surface area contributed by atoms with E-state index in [0.717, 1.165) is 31.7 Å². The molecule has 0 unspecified atom stereocenters. The first-order valence-corrected chi connectivity index (χ1v) is 6.76. The Balaban J connectivity index is 2.02. The van der Waals surface area contributed by atoms with Crippen molar-refractivity contribution in [1.82, 2.24) is 9.80 Å². The molecule has 1 heterocycles. The molecule has 0 spiro atoms. The molecular formula is C14H18N4O3. The van der Waals surface area contributed by atoms with Crippen molar-refractivity contribution in [3.8, 4) is 11.8 Å². The van der Waals surface area contributed by atoms with Crippen LogP contribution in [0.3, 0.4) is 0 Å². The van der Waals surface area contributed by atoms with Gasteiger partial charge < -0.3 is 4.74 Å². The predicted octanol–water partition coefficient (Wildman–Crippen LogP) is 1.24. The third kappa shape index (κ3) is 4.15. The van der Waals surface area contributed by atoms with Crippen molar-refractivity contribution in [1.29, 1.82) is 5.26 Å². The highest BCUT2D eigenvalue weighted by Crippen LogP contribution is 2.23. The Morgan fingerprint density at radius 1 is 1.29 bits per heavy atom. The van der Waals surface area contributed by atoms with E-state index in [1.807, 2.05) is 6.07 Å². The van der Waals surface area contributed by atoms with Gasteiger partial charge in [-0.2, -0.15) is 5.26 Å². The van der Waals surface area contributed by atoms with Crippen molar-refractivity contribution < 1.29 is 9.66 Å². The number of hydrogen-bond donors (Lipinski definition) is 0. The summed E-state index contributed by atoms with van der Waals surface area (Å²) in [7, 11) is 1.50. The van der Waals surface area contributed by atoms with Crippen LogP contribution in [0.1, 0.15) is 5.56 Å². The van der Waals surface area contributed by atoms with Gasteiger partial charge in [-0.25, -0.2) is 0 Å². The predicted molar refractivity (Wildman–Crippen MR) is 77.0 cm³/mol. The standard InChI is InChI=1S/C14H18N4O3/c1-21-14-9-12(8-13(10-14)18(19)20)11-17-6-4-16(3-2-15)5-7-17/h8-10H,3-7,11H2,1H3. The normalized spacial score (nSPS) is 16.4. The number of nitro benzene ring substituents is 1. The van der Waals surface area contributed by atoms with Crippen LogP contribution in [0.15, 0.2) is 18.2 Å². The molecular weight excluding hydrogens is 272 g/mol. The minimum absolute atomic E-state index is 0.0486. The fourth-order valence-corrected chi connectivity index (χ4v) is 2.42. The summed E-state index contributed by atoms with van der Waals surface area (Å²) in [6.07, 6.45) is 0. The first kappa shape index (κ1) is 15.2. The summed E-state index contributed by atoms with van der Waals surface area (Å²) in [5.41, 5.74) is 0.919. The van der Waals surface area contributed by atoms with E-state index in [9.17, 15) is 10.1 Å². The monoisotopic (exact) mass is 290 g/mol. The molecule has 0 atom stereocenters. The topological polar surface area (TPSA) is 82.6 Å². The van der Waals surface area contributed by atoms with Gasteiger partial charge in [-0.3, -0.25) is 19.9 Å². The summed E-state index contributed by atoms with van der Waals surface area (Å²) >= 11 is 0. The van der Waals surface area contributed by atoms with Gasteiger partial charge in [0, 0.05) is 38.8 Å². The number of benzene rings is 1. The van der Waals surface area contributed by atoms with Crippen LogP contribution < -0.4 is 4.74 Å². The number of nitro groups is 1. The lowest BCUT2D eigenvalue weighted by Crippen LogP contribution is -2.45. The molecule has 1 aromatic carbocycles. The van der Waals surface area contributed by atoms with Crippen LogP contribution in [-0.4, -0.2) is 54.6 Å². The molecule has 0 saturated carbocycles. The zero-order chi connectivity index (χ0) is 15.2. The molecule has 1 saturated heterocycles. The Kier molecular flexibility index (Phi) is 5.09. The minimum Gasteiger partial charge on any atom is -0.496 e. The van der Waals surface area contributed by atoms with E-state index in [-0.39, 0.29) is 5.69 Å². The number of non-ortho nitro benzene ring substituents is 1. The molecule has 1 aromatic rings. The maximum absolute atomic E-state index is 10.9. The fraction of sp³-hybridized carbons (Fsp3) is 0.500. The average Bonchev–Trinajstić information content (AvgIpc) is 2.49.